The number of amides is 1. The summed E-state index contributed by atoms with van der Waals surface area (Å²) >= 11 is 0. The Kier molecular flexibility index (Phi) is 12.3. The zero-order chi connectivity index (χ0) is 46.5. The van der Waals surface area contributed by atoms with Crippen molar-refractivity contribution in [3.63, 3.8) is 0 Å². The predicted octanol–water partition coefficient (Wildman–Crippen LogP) is 7.30. The fraction of sp³-hybridized carbons (Fsp3) is 0.490. The van der Waals surface area contributed by atoms with E-state index in [2.05, 4.69) is 89.8 Å². The van der Waals surface area contributed by atoms with Crippen molar-refractivity contribution in [2.75, 3.05) is 76.2 Å². The molecule has 10 rings (SSSR count). The molecule has 0 bridgehead atoms. The van der Waals surface area contributed by atoms with Gasteiger partial charge in [0.2, 0.25) is 0 Å². The van der Waals surface area contributed by atoms with Crippen LogP contribution in [0.15, 0.2) is 78.1 Å². The Labute approximate surface area is 391 Å². The molecule has 7 heterocycles. The first kappa shape index (κ1) is 45.0. The van der Waals surface area contributed by atoms with Crippen LogP contribution in [-0.2, 0) is 10.0 Å². The molecule has 5 aliphatic rings. The number of hydrogen-bond donors (Lipinski definition) is 3. The first-order chi connectivity index (χ1) is 32.3. The molecule has 4 aliphatic heterocycles. The zero-order valence-corrected chi connectivity index (χ0v) is 39.3. The number of pyridine rings is 2. The summed E-state index contributed by atoms with van der Waals surface area (Å²) in [4.78, 5) is 47.0. The lowest BCUT2D eigenvalue weighted by molar-refractivity contribution is -0.384. The number of likely N-dealkylation sites (tertiary alicyclic amines) is 1. The molecular formula is C49H60N10O7S. The van der Waals surface area contributed by atoms with Crippen LogP contribution in [0.1, 0.15) is 92.4 Å². The molecule has 2 atom stereocenters. The second-order valence-electron chi connectivity index (χ2n) is 19.6. The molecule has 0 radical (unpaired) electrons. The van der Waals surface area contributed by atoms with Gasteiger partial charge >= 0.3 is 0 Å². The number of hydrogen-bond acceptors (Lipinski definition) is 14. The number of aromatic nitrogens is 3. The van der Waals surface area contributed by atoms with E-state index < -0.39 is 31.4 Å². The Morgan fingerprint density at radius 1 is 1.01 bits per heavy atom. The van der Waals surface area contributed by atoms with E-state index in [-0.39, 0.29) is 40.9 Å². The number of nitro groups is 1. The molecule has 18 heteroatoms. The van der Waals surface area contributed by atoms with E-state index in [0.717, 1.165) is 82.3 Å². The van der Waals surface area contributed by atoms with Crippen molar-refractivity contribution in [3.05, 3.63) is 100 Å². The van der Waals surface area contributed by atoms with Crippen molar-refractivity contribution >= 4 is 44.0 Å². The molecule has 3 N–H and O–H groups in total. The molecule has 5 aromatic rings. The van der Waals surface area contributed by atoms with Crippen LogP contribution < -0.4 is 24.4 Å². The molecule has 1 amide bonds. The Hall–Kier alpha value is -5.82. The molecule has 1 spiro atoms. The van der Waals surface area contributed by atoms with E-state index in [1.165, 1.54) is 49.1 Å². The number of sulfonamides is 1. The minimum absolute atomic E-state index is 0.0189. The summed E-state index contributed by atoms with van der Waals surface area (Å²) in [6, 6.07) is 17.3. The zero-order valence-electron chi connectivity index (χ0n) is 38.4. The molecular weight excluding hydrogens is 873 g/mol. The standard InChI is InChI=1S/C49H60N10O7S/c1-32(2)39-7-4-5-8-40(39)41-9-6-15-58(41)36-27-49(28-36)12-17-57(18-13-49)35-24-44(66-37-23-33-10-14-50-47(33)52-30-37)46(51-29-35)48(60)54-67(63,64)38-25-42(59(61)62)45-43(26-38)65-31-34(53-45)11-16-56-21-19-55(3)20-22-56/h4-5,7-8,10,14,23-26,29-30,32,34,36,41,53H,6,9,11-13,15-22,27-28,31H2,1-3H3,(H,50,52)(H,54,60)/t34-,41-/m0/s1. The van der Waals surface area contributed by atoms with Crippen LogP contribution in [0.25, 0.3) is 11.0 Å². The number of carbonyl (C=O) groups excluding carboxylic acids is 1. The predicted molar refractivity (Wildman–Crippen MR) is 256 cm³/mol. The number of nitrogens with zero attached hydrogens (tertiary/aromatic N) is 7. The average Bonchev–Trinajstić information content (AvgIpc) is 4.00. The van der Waals surface area contributed by atoms with E-state index in [4.69, 9.17) is 9.47 Å². The maximum absolute atomic E-state index is 14.1. The summed E-state index contributed by atoms with van der Waals surface area (Å²) in [5.74, 6) is -0.184. The number of anilines is 2. The summed E-state index contributed by atoms with van der Waals surface area (Å²) < 4.78 is 42.3. The number of nitro benzene ring substituents is 1. The Bertz CT molecular complexity index is 2760. The molecule has 4 fully saturated rings. The van der Waals surface area contributed by atoms with Crippen LogP contribution in [0.3, 0.4) is 0 Å². The van der Waals surface area contributed by atoms with Gasteiger partial charge in [-0.25, -0.2) is 23.1 Å². The number of carbonyl (C=O) groups is 1. The third-order valence-electron chi connectivity index (χ3n) is 14.9. The van der Waals surface area contributed by atoms with Gasteiger partial charge in [0.1, 0.15) is 18.0 Å². The number of rotatable bonds is 13. The van der Waals surface area contributed by atoms with Crippen LogP contribution in [0, 0.1) is 15.5 Å². The average molecular weight is 933 g/mol. The highest BCUT2D eigenvalue weighted by atomic mass is 32.2. The number of fused-ring (bicyclic) bond motifs is 2. The molecule has 2 aromatic carbocycles. The minimum atomic E-state index is -4.68. The summed E-state index contributed by atoms with van der Waals surface area (Å²) in [6.07, 6.45) is 12.4. The van der Waals surface area contributed by atoms with Gasteiger partial charge in [0.05, 0.1) is 33.9 Å². The molecule has 17 nitrogen and oxygen atoms in total. The smallest absolute Gasteiger partial charge is 0.297 e. The van der Waals surface area contributed by atoms with Crippen molar-refractivity contribution in [1.29, 1.82) is 0 Å². The number of H-pyrrole nitrogens is 1. The van der Waals surface area contributed by atoms with E-state index in [1.54, 1.807) is 24.5 Å². The molecule has 3 saturated heterocycles. The van der Waals surface area contributed by atoms with Gasteiger partial charge in [0.25, 0.3) is 21.6 Å². The van der Waals surface area contributed by atoms with Crippen molar-refractivity contribution in [2.24, 2.45) is 5.41 Å². The largest absolute Gasteiger partial charge is 0.489 e. The van der Waals surface area contributed by atoms with E-state index in [9.17, 15) is 23.3 Å². The minimum Gasteiger partial charge on any atom is -0.489 e. The van der Waals surface area contributed by atoms with Crippen molar-refractivity contribution in [2.45, 2.75) is 87.7 Å². The molecule has 0 unspecified atom stereocenters. The summed E-state index contributed by atoms with van der Waals surface area (Å²) in [6.45, 7) is 12.1. The van der Waals surface area contributed by atoms with E-state index in [1.807, 2.05) is 6.07 Å². The SMILES string of the molecule is CC(C)c1ccccc1[C@@H]1CCCN1C1CC2(CCN(c3cnc(C(=O)NS(=O)(=O)c4cc5c(c([N+](=O)[O-])c4)N[C@@H](CCN4CCN(C)CC4)CO5)c(Oc4cnc5[nH]ccc5c4)c3)CC2)C1. The molecule has 1 saturated carbocycles. The topological polar surface area (TPSA) is 191 Å². The third-order valence-corrected chi connectivity index (χ3v) is 16.2. The molecule has 1 aliphatic carbocycles. The second-order valence-corrected chi connectivity index (χ2v) is 21.2. The normalized spacial score (nSPS) is 21.5. The van der Waals surface area contributed by atoms with Crippen LogP contribution in [0.5, 0.6) is 17.2 Å². The van der Waals surface area contributed by atoms with Gasteiger partial charge in [-0.2, -0.15) is 0 Å². The summed E-state index contributed by atoms with van der Waals surface area (Å²) in [7, 11) is -2.58. The second kappa shape index (κ2) is 18.3. The van der Waals surface area contributed by atoms with Gasteiger partial charge < -0.3 is 34.5 Å². The molecule has 3 aromatic heterocycles. The monoisotopic (exact) mass is 932 g/mol. The number of nitrogens with one attached hydrogen (secondary N) is 3. The van der Waals surface area contributed by atoms with Gasteiger partial charge in [-0.05, 0) is 93.1 Å². The third kappa shape index (κ3) is 9.28. The fourth-order valence-corrected chi connectivity index (χ4v) is 12.0. The molecule has 67 heavy (non-hydrogen) atoms. The maximum atomic E-state index is 14.1. The number of benzene rings is 2. The Balaban J connectivity index is 0.839. The highest BCUT2D eigenvalue weighted by Crippen LogP contribution is 2.54. The van der Waals surface area contributed by atoms with Crippen molar-refractivity contribution in [3.8, 4) is 17.2 Å². The molecule has 354 valence electrons. The number of piperazine rings is 1. The number of ether oxygens (including phenoxy) is 2. The van der Waals surface area contributed by atoms with Gasteiger partial charge in [-0.3, -0.25) is 19.8 Å². The Morgan fingerprint density at radius 3 is 2.58 bits per heavy atom. The quantitative estimate of drug-likeness (QED) is 0.0788. The summed E-state index contributed by atoms with van der Waals surface area (Å²) in [5.41, 5.74) is 4.00. The van der Waals surface area contributed by atoms with Gasteiger partial charge in [-0.1, -0.05) is 38.1 Å². The van der Waals surface area contributed by atoms with Gasteiger partial charge in [-0.15, -0.1) is 0 Å². The lowest BCUT2D eigenvalue weighted by Gasteiger charge is -2.56. The van der Waals surface area contributed by atoms with E-state index in [0.29, 0.717) is 35.8 Å². The number of likely N-dealkylation sites (N-methyl/N-ethyl adjacent to an activating group) is 1. The first-order valence-corrected chi connectivity index (χ1v) is 25.2. The van der Waals surface area contributed by atoms with Gasteiger partial charge in [0.15, 0.2) is 22.9 Å². The lowest BCUT2D eigenvalue weighted by atomic mass is 9.59. The highest BCUT2D eigenvalue weighted by Gasteiger charge is 2.50. The Morgan fingerprint density at radius 2 is 1.81 bits per heavy atom. The first-order valence-electron chi connectivity index (χ1n) is 23.7. The van der Waals surface area contributed by atoms with Crippen LogP contribution >= 0.6 is 0 Å². The van der Waals surface area contributed by atoms with E-state index >= 15 is 0 Å². The van der Waals surface area contributed by atoms with Gasteiger partial charge in [0, 0.05) is 87.7 Å². The van der Waals surface area contributed by atoms with Crippen molar-refractivity contribution < 1.29 is 27.6 Å². The maximum Gasteiger partial charge on any atom is 0.297 e. The number of piperidine rings is 1. The summed E-state index contributed by atoms with van der Waals surface area (Å²) in [5, 5.41) is 16.4. The number of aromatic amines is 1. The van der Waals surface area contributed by atoms with Crippen LogP contribution in [0.2, 0.25) is 0 Å². The van der Waals surface area contributed by atoms with Crippen molar-refractivity contribution in [1.82, 2.24) is 34.4 Å². The van der Waals surface area contributed by atoms with Crippen LogP contribution in [-0.4, -0.2) is 127 Å². The lowest BCUT2D eigenvalue weighted by Crippen LogP contribution is -2.55. The van der Waals surface area contributed by atoms with Crippen LogP contribution in [0.4, 0.5) is 17.1 Å². The highest BCUT2D eigenvalue weighted by molar-refractivity contribution is 7.90. The fourth-order valence-electron chi connectivity index (χ4n) is 11.0.